The Bertz CT molecular complexity index is 151. The second kappa shape index (κ2) is 2.71. The van der Waals surface area contributed by atoms with Crippen LogP contribution in [-0.4, -0.2) is 25.9 Å². The van der Waals surface area contributed by atoms with Gasteiger partial charge in [0, 0.05) is 12.5 Å². The van der Waals surface area contributed by atoms with Crippen molar-refractivity contribution in [1.82, 2.24) is 0 Å². The first-order valence-electron chi connectivity index (χ1n) is 4.81. The number of methoxy groups -OCH3 is 1. The lowest BCUT2D eigenvalue weighted by atomic mass is 9.68. The largest absolute Gasteiger partial charge is 0.380 e. The van der Waals surface area contributed by atoms with Crippen LogP contribution >= 0.6 is 0 Å². The van der Waals surface area contributed by atoms with Crippen LogP contribution in [0, 0.1) is 5.41 Å². The molecule has 0 atom stereocenters. The van der Waals surface area contributed by atoms with Gasteiger partial charge in [-0.1, -0.05) is 0 Å². The van der Waals surface area contributed by atoms with Gasteiger partial charge in [-0.2, -0.15) is 0 Å². The van der Waals surface area contributed by atoms with Crippen LogP contribution in [0.4, 0.5) is 0 Å². The van der Waals surface area contributed by atoms with Gasteiger partial charge >= 0.3 is 0 Å². The van der Waals surface area contributed by atoms with E-state index in [1.165, 1.54) is 25.7 Å². The van der Waals surface area contributed by atoms with Crippen LogP contribution in [-0.2, 0) is 9.47 Å². The molecule has 0 N–H and O–H groups in total. The molecular formula is C10H18O2. The second-order valence-corrected chi connectivity index (χ2v) is 4.65. The van der Waals surface area contributed by atoms with Gasteiger partial charge in [0.15, 0.2) is 0 Å². The fourth-order valence-corrected chi connectivity index (χ4v) is 2.19. The van der Waals surface area contributed by atoms with E-state index in [1.807, 2.05) is 7.11 Å². The third kappa shape index (κ3) is 1.27. The van der Waals surface area contributed by atoms with Crippen LogP contribution in [0.15, 0.2) is 0 Å². The van der Waals surface area contributed by atoms with Crippen LogP contribution < -0.4 is 0 Å². The zero-order valence-electron chi connectivity index (χ0n) is 8.06. The Morgan fingerprint density at radius 2 is 1.67 bits per heavy atom. The minimum absolute atomic E-state index is 0.154. The van der Waals surface area contributed by atoms with Crippen LogP contribution in [0.3, 0.4) is 0 Å². The summed E-state index contributed by atoms with van der Waals surface area (Å²) in [7, 11) is 1.83. The van der Waals surface area contributed by atoms with Crippen molar-refractivity contribution in [3.8, 4) is 0 Å². The van der Waals surface area contributed by atoms with E-state index in [0.29, 0.717) is 5.41 Å². The minimum Gasteiger partial charge on any atom is -0.380 e. The van der Waals surface area contributed by atoms with Crippen molar-refractivity contribution in [2.75, 3.05) is 20.3 Å². The summed E-state index contributed by atoms with van der Waals surface area (Å²) in [5.74, 6) is 0. The molecule has 0 unspecified atom stereocenters. The van der Waals surface area contributed by atoms with E-state index in [2.05, 4.69) is 6.92 Å². The first-order valence-corrected chi connectivity index (χ1v) is 4.81. The number of hydrogen-bond donors (Lipinski definition) is 0. The lowest BCUT2D eigenvalue weighted by Crippen LogP contribution is -2.49. The Morgan fingerprint density at radius 1 is 1.08 bits per heavy atom. The molecule has 0 aromatic heterocycles. The van der Waals surface area contributed by atoms with E-state index in [-0.39, 0.29) is 5.60 Å². The van der Waals surface area contributed by atoms with Gasteiger partial charge in [-0.05, 0) is 32.6 Å². The molecule has 1 aliphatic heterocycles. The molecule has 2 fully saturated rings. The fourth-order valence-electron chi connectivity index (χ4n) is 2.19. The molecular weight excluding hydrogens is 152 g/mol. The Labute approximate surface area is 74.2 Å². The Hall–Kier alpha value is -0.0800. The molecule has 70 valence electrons. The maximum atomic E-state index is 5.50. The number of rotatable bonds is 1. The molecule has 1 aliphatic carbocycles. The van der Waals surface area contributed by atoms with Gasteiger partial charge in [0.05, 0.1) is 18.8 Å². The first kappa shape index (κ1) is 8.52. The summed E-state index contributed by atoms with van der Waals surface area (Å²) in [6.45, 7) is 4.21. The predicted molar refractivity (Wildman–Crippen MR) is 47.1 cm³/mol. The van der Waals surface area contributed by atoms with Gasteiger partial charge in [-0.25, -0.2) is 0 Å². The third-order valence-electron chi connectivity index (χ3n) is 3.68. The summed E-state index contributed by atoms with van der Waals surface area (Å²) < 4.78 is 10.8. The molecule has 0 amide bonds. The molecule has 2 aliphatic rings. The highest BCUT2D eigenvalue weighted by Crippen LogP contribution is 2.46. The highest BCUT2D eigenvalue weighted by molar-refractivity contribution is 4.95. The van der Waals surface area contributed by atoms with E-state index in [9.17, 15) is 0 Å². The summed E-state index contributed by atoms with van der Waals surface area (Å²) >= 11 is 0. The maximum absolute atomic E-state index is 5.50. The van der Waals surface area contributed by atoms with Crippen molar-refractivity contribution in [2.24, 2.45) is 5.41 Å². The van der Waals surface area contributed by atoms with Gasteiger partial charge in [-0.3, -0.25) is 0 Å². The van der Waals surface area contributed by atoms with Crippen LogP contribution in [0.1, 0.15) is 32.6 Å². The van der Waals surface area contributed by atoms with E-state index in [0.717, 1.165) is 13.2 Å². The van der Waals surface area contributed by atoms with Crippen molar-refractivity contribution in [3.05, 3.63) is 0 Å². The monoisotopic (exact) mass is 170 g/mol. The van der Waals surface area contributed by atoms with Gasteiger partial charge in [0.1, 0.15) is 0 Å². The highest BCUT2D eigenvalue weighted by Gasteiger charge is 2.45. The summed E-state index contributed by atoms with van der Waals surface area (Å²) in [5, 5.41) is 0. The van der Waals surface area contributed by atoms with Crippen molar-refractivity contribution < 1.29 is 9.47 Å². The SMILES string of the molecule is COC1(C)CCC2(CC1)COC2. The average Bonchev–Trinajstić information content (AvgIpc) is 2.04. The van der Waals surface area contributed by atoms with E-state index in [4.69, 9.17) is 9.47 Å². The summed E-state index contributed by atoms with van der Waals surface area (Å²) in [4.78, 5) is 0. The molecule has 0 aromatic carbocycles. The van der Waals surface area contributed by atoms with Gasteiger partial charge in [0.2, 0.25) is 0 Å². The first-order chi connectivity index (χ1) is 5.68. The smallest absolute Gasteiger partial charge is 0.0651 e. The lowest BCUT2D eigenvalue weighted by molar-refractivity contribution is -0.161. The summed E-state index contributed by atoms with van der Waals surface area (Å²) in [6.07, 6.45) is 4.98. The molecule has 0 bridgehead atoms. The zero-order valence-corrected chi connectivity index (χ0v) is 8.06. The Balaban J connectivity index is 1.92. The van der Waals surface area contributed by atoms with Crippen molar-refractivity contribution in [3.63, 3.8) is 0 Å². The zero-order chi connectivity index (χ0) is 8.66. The molecule has 2 nitrogen and oxygen atoms in total. The molecule has 2 rings (SSSR count). The molecule has 1 saturated heterocycles. The molecule has 1 saturated carbocycles. The van der Waals surface area contributed by atoms with Gasteiger partial charge in [-0.15, -0.1) is 0 Å². The topological polar surface area (TPSA) is 18.5 Å². The van der Waals surface area contributed by atoms with Crippen molar-refractivity contribution in [2.45, 2.75) is 38.2 Å². The van der Waals surface area contributed by atoms with E-state index < -0.39 is 0 Å². The second-order valence-electron chi connectivity index (χ2n) is 4.65. The van der Waals surface area contributed by atoms with Crippen molar-refractivity contribution in [1.29, 1.82) is 0 Å². The van der Waals surface area contributed by atoms with Gasteiger partial charge in [0.25, 0.3) is 0 Å². The number of hydrogen-bond acceptors (Lipinski definition) is 2. The van der Waals surface area contributed by atoms with E-state index >= 15 is 0 Å². The van der Waals surface area contributed by atoms with Crippen LogP contribution in [0.5, 0.6) is 0 Å². The molecule has 0 aromatic rings. The molecule has 0 radical (unpaired) electrons. The standard InChI is InChI=1S/C10H18O2/c1-9(11-2)3-5-10(6-4-9)7-12-8-10/h3-8H2,1-2H3. The fraction of sp³-hybridized carbons (Fsp3) is 1.00. The van der Waals surface area contributed by atoms with E-state index in [1.54, 1.807) is 0 Å². The van der Waals surface area contributed by atoms with Crippen LogP contribution in [0.2, 0.25) is 0 Å². The summed E-state index contributed by atoms with van der Waals surface area (Å²) in [6, 6.07) is 0. The average molecular weight is 170 g/mol. The summed E-state index contributed by atoms with van der Waals surface area (Å²) in [5.41, 5.74) is 0.707. The minimum atomic E-state index is 0.154. The van der Waals surface area contributed by atoms with Gasteiger partial charge < -0.3 is 9.47 Å². The lowest BCUT2D eigenvalue weighted by Gasteiger charge is -2.49. The molecule has 1 spiro atoms. The Kier molecular flexibility index (Phi) is 1.92. The maximum Gasteiger partial charge on any atom is 0.0651 e. The van der Waals surface area contributed by atoms with Crippen molar-refractivity contribution >= 4 is 0 Å². The predicted octanol–water partition coefficient (Wildman–Crippen LogP) is 1.98. The third-order valence-corrected chi connectivity index (χ3v) is 3.68. The molecule has 12 heavy (non-hydrogen) atoms. The quantitative estimate of drug-likeness (QED) is 0.599. The molecule has 2 heteroatoms. The highest BCUT2D eigenvalue weighted by atomic mass is 16.5. The molecule has 1 heterocycles. The van der Waals surface area contributed by atoms with Crippen LogP contribution in [0.25, 0.3) is 0 Å². The Morgan fingerprint density at radius 3 is 2.00 bits per heavy atom. The normalized spacial score (nSPS) is 31.5. The number of ether oxygens (including phenoxy) is 2.